The molecule has 1 fully saturated rings. The fourth-order valence-electron chi connectivity index (χ4n) is 5.51. The average molecular weight is 574 g/mol. The smallest absolute Gasteiger partial charge is 0.297 e. The lowest BCUT2D eigenvalue weighted by atomic mass is 9.89. The van der Waals surface area contributed by atoms with Crippen LogP contribution in [-0.4, -0.2) is 46.1 Å². The van der Waals surface area contributed by atoms with Crippen molar-refractivity contribution in [2.45, 2.75) is 110 Å². The van der Waals surface area contributed by atoms with Gasteiger partial charge in [0.1, 0.15) is 11.2 Å². The van der Waals surface area contributed by atoms with E-state index in [2.05, 4.69) is 43.1 Å². The van der Waals surface area contributed by atoms with E-state index in [1.807, 2.05) is 39.8 Å². The zero-order valence-corrected chi connectivity index (χ0v) is 25.6. The van der Waals surface area contributed by atoms with Crippen LogP contribution in [0.3, 0.4) is 0 Å². The molecule has 11 heteroatoms. The number of aromatic nitrogens is 4. The second kappa shape index (κ2) is 12.1. The molecule has 0 spiro atoms. The van der Waals surface area contributed by atoms with Crippen molar-refractivity contribution in [1.29, 1.82) is 0 Å². The average Bonchev–Trinajstić information content (AvgIpc) is 3.47. The van der Waals surface area contributed by atoms with Crippen molar-refractivity contribution in [1.82, 2.24) is 19.7 Å². The zero-order valence-electron chi connectivity index (χ0n) is 24.8. The van der Waals surface area contributed by atoms with Crippen LogP contribution in [0.5, 0.6) is 0 Å². The predicted molar refractivity (Wildman–Crippen MR) is 154 cm³/mol. The lowest BCUT2D eigenvalue weighted by Crippen LogP contribution is -2.16. The van der Waals surface area contributed by atoms with Crippen molar-refractivity contribution in [2.75, 3.05) is 12.1 Å². The summed E-state index contributed by atoms with van der Waals surface area (Å²) in [5.74, 6) is 0.823. The lowest BCUT2D eigenvalue weighted by molar-refractivity contribution is -0.00969. The van der Waals surface area contributed by atoms with Gasteiger partial charge in [0.25, 0.3) is 10.1 Å². The summed E-state index contributed by atoms with van der Waals surface area (Å²) in [5.41, 5.74) is 5.79. The SMILES string of the molecule is CCC1OC(n2nc(CCOS(=O)(=O)c3c(C(C)C)cc(C(C)C)cc3C(C)C)c3c(NO)ncnc32)CC1C. The van der Waals surface area contributed by atoms with Gasteiger partial charge in [0, 0.05) is 6.42 Å². The topological polar surface area (TPSA) is 128 Å². The maximum atomic E-state index is 13.7. The summed E-state index contributed by atoms with van der Waals surface area (Å²) in [4.78, 5) is 8.82. The van der Waals surface area contributed by atoms with Crippen molar-refractivity contribution in [3.05, 3.63) is 40.8 Å². The molecule has 2 aromatic heterocycles. The summed E-state index contributed by atoms with van der Waals surface area (Å²) in [5, 5.41) is 15.0. The molecule has 3 aromatic rings. The summed E-state index contributed by atoms with van der Waals surface area (Å²) in [6, 6.07) is 3.99. The third-order valence-electron chi connectivity index (χ3n) is 7.79. The number of benzene rings is 1. The van der Waals surface area contributed by atoms with Crippen molar-refractivity contribution in [3.63, 3.8) is 0 Å². The second-order valence-electron chi connectivity index (χ2n) is 11.7. The molecule has 40 heavy (non-hydrogen) atoms. The van der Waals surface area contributed by atoms with Crippen LogP contribution in [0.2, 0.25) is 0 Å². The van der Waals surface area contributed by atoms with E-state index in [-0.39, 0.29) is 53.8 Å². The first-order valence-corrected chi connectivity index (χ1v) is 15.6. The number of hydrogen-bond donors (Lipinski definition) is 2. The number of nitrogens with one attached hydrogen (secondary N) is 1. The van der Waals surface area contributed by atoms with Crippen LogP contribution in [0.15, 0.2) is 23.4 Å². The van der Waals surface area contributed by atoms with Crippen LogP contribution < -0.4 is 5.48 Å². The van der Waals surface area contributed by atoms with Gasteiger partial charge in [-0.05, 0) is 53.2 Å². The Hall–Kier alpha value is -2.60. The maximum Gasteiger partial charge on any atom is 0.297 e. The molecule has 1 aliphatic rings. The minimum absolute atomic E-state index is 0.000280. The minimum Gasteiger partial charge on any atom is -0.353 e. The molecule has 0 aliphatic carbocycles. The standard InChI is InChI=1S/C29H43N5O5S/c1-9-24-19(8)12-25(39-24)34-29-26(28(33-35)30-15-31-29)23(32-34)10-11-38-40(36,37)27-21(17(4)5)13-20(16(2)3)14-22(27)18(6)7/h13-19,24-25,35H,9-12H2,1-8H3,(H,30,31,33). The minimum atomic E-state index is -4.08. The Morgan fingerprint density at radius 2 is 1.75 bits per heavy atom. The molecular formula is C29H43N5O5S. The van der Waals surface area contributed by atoms with Gasteiger partial charge in [-0.25, -0.2) is 14.6 Å². The van der Waals surface area contributed by atoms with Gasteiger partial charge in [0.2, 0.25) is 0 Å². The van der Waals surface area contributed by atoms with Crippen LogP contribution in [0.4, 0.5) is 5.82 Å². The molecule has 220 valence electrons. The highest BCUT2D eigenvalue weighted by Gasteiger charge is 2.35. The Labute approximate surface area is 237 Å². The fraction of sp³-hybridized carbons (Fsp3) is 0.621. The number of hydrogen-bond acceptors (Lipinski definition) is 9. The molecule has 0 amide bonds. The van der Waals surface area contributed by atoms with Gasteiger partial charge >= 0.3 is 0 Å². The van der Waals surface area contributed by atoms with E-state index in [9.17, 15) is 13.6 Å². The van der Waals surface area contributed by atoms with Crippen LogP contribution in [0.25, 0.3) is 11.0 Å². The number of anilines is 1. The normalized spacial score (nSPS) is 19.9. The second-order valence-corrected chi connectivity index (χ2v) is 13.2. The van der Waals surface area contributed by atoms with E-state index < -0.39 is 10.1 Å². The fourth-order valence-corrected chi connectivity index (χ4v) is 7.09. The van der Waals surface area contributed by atoms with Gasteiger partial charge in [0.15, 0.2) is 17.7 Å². The van der Waals surface area contributed by atoms with E-state index in [4.69, 9.17) is 14.0 Å². The third-order valence-corrected chi connectivity index (χ3v) is 9.24. The quantitative estimate of drug-likeness (QED) is 0.201. The molecule has 2 N–H and O–H groups in total. The first kappa shape index (κ1) is 30.4. The third kappa shape index (κ3) is 5.88. The van der Waals surface area contributed by atoms with E-state index >= 15 is 0 Å². The van der Waals surface area contributed by atoms with Crippen molar-refractivity contribution in [3.8, 4) is 0 Å². The van der Waals surface area contributed by atoms with Gasteiger partial charge in [-0.3, -0.25) is 14.9 Å². The monoisotopic (exact) mass is 573 g/mol. The Balaban J connectivity index is 1.67. The van der Waals surface area contributed by atoms with Crippen molar-refractivity contribution >= 4 is 27.0 Å². The van der Waals surface area contributed by atoms with Gasteiger partial charge < -0.3 is 4.74 Å². The summed E-state index contributed by atoms with van der Waals surface area (Å²) in [7, 11) is -4.08. The largest absolute Gasteiger partial charge is 0.353 e. The highest BCUT2D eigenvalue weighted by atomic mass is 32.2. The molecule has 1 saturated heterocycles. The molecular weight excluding hydrogens is 530 g/mol. The molecule has 0 radical (unpaired) electrons. The highest BCUT2D eigenvalue weighted by molar-refractivity contribution is 7.86. The van der Waals surface area contributed by atoms with Crippen molar-refractivity contribution in [2.24, 2.45) is 5.92 Å². The maximum absolute atomic E-state index is 13.7. The van der Waals surface area contributed by atoms with Crippen LogP contribution in [0, 0.1) is 5.92 Å². The van der Waals surface area contributed by atoms with E-state index in [1.54, 1.807) is 4.68 Å². The molecule has 10 nitrogen and oxygen atoms in total. The molecule has 0 saturated carbocycles. The summed E-state index contributed by atoms with van der Waals surface area (Å²) >= 11 is 0. The molecule has 0 bridgehead atoms. The van der Waals surface area contributed by atoms with Crippen LogP contribution in [0.1, 0.15) is 115 Å². The van der Waals surface area contributed by atoms with Crippen LogP contribution in [-0.2, 0) is 25.5 Å². The molecule has 3 heterocycles. The molecule has 4 rings (SSSR count). The van der Waals surface area contributed by atoms with E-state index in [0.29, 0.717) is 22.6 Å². The van der Waals surface area contributed by atoms with Gasteiger partial charge in [-0.1, -0.05) is 67.5 Å². The Bertz CT molecular complexity index is 1420. The van der Waals surface area contributed by atoms with Gasteiger partial charge in [-0.2, -0.15) is 13.5 Å². The molecule has 1 aliphatic heterocycles. The first-order valence-electron chi connectivity index (χ1n) is 14.2. The Morgan fingerprint density at radius 3 is 2.27 bits per heavy atom. The van der Waals surface area contributed by atoms with Gasteiger partial charge in [-0.15, -0.1) is 0 Å². The Kier molecular flexibility index (Phi) is 9.18. The number of fused-ring (bicyclic) bond motifs is 1. The summed E-state index contributed by atoms with van der Waals surface area (Å²) in [6.07, 6.45) is 2.98. The Morgan fingerprint density at radius 1 is 1.10 bits per heavy atom. The summed E-state index contributed by atoms with van der Waals surface area (Å²) < 4.78 is 41.1. The van der Waals surface area contributed by atoms with E-state index in [0.717, 1.165) is 29.5 Å². The first-order chi connectivity index (χ1) is 18.9. The predicted octanol–water partition coefficient (Wildman–Crippen LogP) is 6.28. The highest BCUT2D eigenvalue weighted by Crippen LogP contribution is 2.38. The summed E-state index contributed by atoms with van der Waals surface area (Å²) in [6.45, 7) is 16.3. The van der Waals surface area contributed by atoms with Crippen LogP contribution >= 0.6 is 0 Å². The number of ether oxygens (including phenoxy) is 1. The zero-order chi connectivity index (χ0) is 29.4. The van der Waals surface area contributed by atoms with E-state index in [1.165, 1.54) is 6.33 Å². The molecule has 3 atom stereocenters. The molecule has 1 aromatic carbocycles. The van der Waals surface area contributed by atoms with Crippen molar-refractivity contribution < 1.29 is 22.5 Å². The number of nitrogens with zero attached hydrogens (tertiary/aromatic N) is 4. The van der Waals surface area contributed by atoms with Gasteiger partial charge in [0.05, 0.1) is 23.8 Å². The molecule has 3 unspecified atom stereocenters. The number of rotatable bonds is 11. The lowest BCUT2D eigenvalue weighted by Gasteiger charge is -2.22.